The van der Waals surface area contributed by atoms with E-state index in [9.17, 15) is 9.90 Å². The van der Waals surface area contributed by atoms with E-state index in [0.29, 0.717) is 19.7 Å². The third-order valence-corrected chi connectivity index (χ3v) is 6.80. The number of thiophene rings is 1. The van der Waals surface area contributed by atoms with Gasteiger partial charge in [-0.25, -0.2) is 0 Å². The summed E-state index contributed by atoms with van der Waals surface area (Å²) < 4.78 is 11.7. The van der Waals surface area contributed by atoms with Crippen molar-refractivity contribution in [3.8, 4) is 5.75 Å². The molecule has 0 saturated heterocycles. The maximum Gasteiger partial charge on any atom is 0.237 e. The second kappa shape index (κ2) is 12.5. The fourth-order valence-corrected chi connectivity index (χ4v) is 5.17. The SMILES string of the molecule is CCCN(CC(=O)N1CCc2sccc2[C@H]1COc1cccc(C)c1)C[C@H](O)COC(C)C. The van der Waals surface area contributed by atoms with Gasteiger partial charge >= 0.3 is 0 Å². The monoisotopic (exact) mass is 474 g/mol. The Labute approximate surface area is 202 Å². The number of rotatable bonds is 12. The number of carbonyl (C=O) groups excluding carboxylic acids is 1. The number of fused-ring (bicyclic) bond motifs is 1. The normalized spacial score (nSPS) is 16.8. The van der Waals surface area contributed by atoms with E-state index in [0.717, 1.165) is 30.7 Å². The Morgan fingerprint density at radius 3 is 2.88 bits per heavy atom. The molecule has 182 valence electrons. The smallest absolute Gasteiger partial charge is 0.237 e. The number of ether oxygens (including phenoxy) is 2. The van der Waals surface area contributed by atoms with Gasteiger partial charge in [-0.05, 0) is 74.9 Å². The first-order valence-corrected chi connectivity index (χ1v) is 12.8. The van der Waals surface area contributed by atoms with Crippen molar-refractivity contribution < 1.29 is 19.4 Å². The van der Waals surface area contributed by atoms with Crippen molar-refractivity contribution in [1.82, 2.24) is 9.80 Å². The Morgan fingerprint density at radius 2 is 2.15 bits per heavy atom. The molecule has 1 aromatic heterocycles. The van der Waals surface area contributed by atoms with Gasteiger partial charge in [0.25, 0.3) is 0 Å². The first-order chi connectivity index (χ1) is 15.9. The number of carbonyl (C=O) groups is 1. The molecular weight excluding hydrogens is 436 g/mol. The van der Waals surface area contributed by atoms with Gasteiger partial charge in [-0.3, -0.25) is 9.69 Å². The van der Waals surface area contributed by atoms with E-state index in [4.69, 9.17) is 9.47 Å². The molecule has 1 aliphatic rings. The van der Waals surface area contributed by atoms with Gasteiger partial charge in [-0.15, -0.1) is 11.3 Å². The summed E-state index contributed by atoms with van der Waals surface area (Å²) in [6.07, 6.45) is 1.25. The molecule has 1 aromatic carbocycles. The molecule has 2 heterocycles. The van der Waals surface area contributed by atoms with Gasteiger partial charge in [0.05, 0.1) is 31.4 Å². The van der Waals surface area contributed by atoms with Crippen LogP contribution in [0.5, 0.6) is 5.75 Å². The van der Waals surface area contributed by atoms with Crippen LogP contribution in [0.4, 0.5) is 0 Å². The highest BCUT2D eigenvalue weighted by Crippen LogP contribution is 2.34. The summed E-state index contributed by atoms with van der Waals surface area (Å²) in [5.41, 5.74) is 2.34. The van der Waals surface area contributed by atoms with Crippen molar-refractivity contribution in [2.45, 2.75) is 58.8 Å². The van der Waals surface area contributed by atoms with E-state index in [1.165, 1.54) is 10.4 Å². The van der Waals surface area contributed by atoms with Gasteiger partial charge in [0, 0.05) is 18.0 Å². The number of aliphatic hydroxyl groups excluding tert-OH is 1. The lowest BCUT2D eigenvalue weighted by Gasteiger charge is -2.37. The van der Waals surface area contributed by atoms with Crippen molar-refractivity contribution in [2.75, 3.05) is 39.4 Å². The Kier molecular flexibility index (Phi) is 9.74. The molecule has 2 atom stereocenters. The zero-order chi connectivity index (χ0) is 23.8. The van der Waals surface area contributed by atoms with Crippen LogP contribution in [-0.4, -0.2) is 72.4 Å². The fraction of sp³-hybridized carbons (Fsp3) is 0.577. The fourth-order valence-electron chi connectivity index (χ4n) is 4.24. The first kappa shape index (κ1) is 25.7. The Morgan fingerprint density at radius 1 is 1.33 bits per heavy atom. The van der Waals surface area contributed by atoms with E-state index in [1.54, 1.807) is 11.3 Å². The summed E-state index contributed by atoms with van der Waals surface area (Å²) in [7, 11) is 0. The molecule has 7 heteroatoms. The minimum absolute atomic E-state index is 0.0724. The Balaban J connectivity index is 1.67. The number of amides is 1. The molecule has 0 bridgehead atoms. The molecule has 3 rings (SSSR count). The van der Waals surface area contributed by atoms with E-state index in [2.05, 4.69) is 18.4 Å². The molecule has 0 fully saturated rings. The summed E-state index contributed by atoms with van der Waals surface area (Å²) in [4.78, 5) is 18.8. The molecule has 0 radical (unpaired) electrons. The first-order valence-electron chi connectivity index (χ1n) is 11.9. The summed E-state index contributed by atoms with van der Waals surface area (Å²) >= 11 is 1.75. The van der Waals surface area contributed by atoms with Crippen LogP contribution in [0.2, 0.25) is 0 Å². The number of aliphatic hydroxyl groups is 1. The van der Waals surface area contributed by atoms with Gasteiger partial charge in [0.1, 0.15) is 12.4 Å². The van der Waals surface area contributed by atoms with Crippen molar-refractivity contribution >= 4 is 17.2 Å². The molecule has 2 aromatic rings. The van der Waals surface area contributed by atoms with Crippen molar-refractivity contribution in [2.24, 2.45) is 0 Å². The maximum atomic E-state index is 13.5. The molecule has 33 heavy (non-hydrogen) atoms. The van der Waals surface area contributed by atoms with E-state index in [-0.39, 0.29) is 31.2 Å². The minimum Gasteiger partial charge on any atom is -0.491 e. The number of benzene rings is 1. The van der Waals surface area contributed by atoms with Crippen molar-refractivity contribution in [3.05, 3.63) is 51.7 Å². The molecule has 1 aliphatic heterocycles. The highest BCUT2D eigenvalue weighted by atomic mass is 32.1. The summed E-state index contributed by atoms with van der Waals surface area (Å²) in [5.74, 6) is 0.903. The van der Waals surface area contributed by atoms with Gasteiger partial charge < -0.3 is 19.5 Å². The van der Waals surface area contributed by atoms with Crippen molar-refractivity contribution in [3.63, 3.8) is 0 Å². The summed E-state index contributed by atoms with van der Waals surface area (Å²) in [6, 6.07) is 10.0. The number of hydrogen-bond acceptors (Lipinski definition) is 6. The van der Waals surface area contributed by atoms with Crippen LogP contribution in [0.3, 0.4) is 0 Å². The number of hydrogen-bond donors (Lipinski definition) is 1. The standard InChI is InChI=1S/C26H38N2O4S/c1-5-11-27(15-21(29)17-31-19(2)3)16-26(30)28-12-9-25-23(10-13-33-25)24(28)18-32-22-8-6-7-20(4)14-22/h6-8,10,13-14,19,21,24,29H,5,9,11-12,15-18H2,1-4H3/t21-,24+/m0/s1. The van der Waals surface area contributed by atoms with Gasteiger partial charge in [-0.1, -0.05) is 19.1 Å². The average molecular weight is 475 g/mol. The summed E-state index contributed by atoms with van der Waals surface area (Å²) in [6.45, 7) is 10.9. The maximum absolute atomic E-state index is 13.5. The van der Waals surface area contributed by atoms with Gasteiger partial charge in [-0.2, -0.15) is 0 Å². The molecule has 0 saturated carbocycles. The van der Waals surface area contributed by atoms with Crippen molar-refractivity contribution in [1.29, 1.82) is 0 Å². The van der Waals surface area contributed by atoms with Crippen LogP contribution in [0.25, 0.3) is 0 Å². The molecule has 1 amide bonds. The third-order valence-electron chi connectivity index (χ3n) is 5.80. The number of nitrogens with zero attached hydrogens (tertiary/aromatic N) is 2. The second-order valence-corrected chi connectivity index (χ2v) is 10.1. The summed E-state index contributed by atoms with van der Waals surface area (Å²) in [5, 5.41) is 12.5. The van der Waals surface area contributed by atoms with Crippen LogP contribution < -0.4 is 4.74 Å². The molecule has 0 spiro atoms. The second-order valence-electron chi connectivity index (χ2n) is 9.05. The van der Waals surface area contributed by atoms with E-state index >= 15 is 0 Å². The number of aryl methyl sites for hydroxylation is 1. The predicted octanol–water partition coefficient (Wildman–Crippen LogP) is 4.06. The van der Waals surface area contributed by atoms with Crippen LogP contribution in [0.15, 0.2) is 35.7 Å². The highest BCUT2D eigenvalue weighted by molar-refractivity contribution is 7.10. The molecule has 0 aliphatic carbocycles. The third kappa shape index (κ3) is 7.54. The van der Waals surface area contributed by atoms with Crippen LogP contribution >= 0.6 is 11.3 Å². The topological polar surface area (TPSA) is 62.2 Å². The lowest BCUT2D eigenvalue weighted by molar-refractivity contribution is -0.136. The molecule has 1 N–H and O–H groups in total. The Bertz CT molecular complexity index is 885. The molecule has 0 unspecified atom stereocenters. The van der Waals surface area contributed by atoms with Crippen LogP contribution in [0, 0.1) is 6.92 Å². The van der Waals surface area contributed by atoms with Crippen LogP contribution in [-0.2, 0) is 16.0 Å². The molecule has 6 nitrogen and oxygen atoms in total. The van der Waals surface area contributed by atoms with Gasteiger partial charge in [0.2, 0.25) is 5.91 Å². The lowest BCUT2D eigenvalue weighted by Crippen LogP contribution is -2.48. The quantitative estimate of drug-likeness (QED) is 0.503. The lowest BCUT2D eigenvalue weighted by atomic mass is 10.0. The Hall–Kier alpha value is -1.93. The zero-order valence-electron chi connectivity index (χ0n) is 20.3. The van der Waals surface area contributed by atoms with E-state index in [1.807, 2.05) is 54.8 Å². The zero-order valence-corrected chi connectivity index (χ0v) is 21.1. The largest absolute Gasteiger partial charge is 0.491 e. The average Bonchev–Trinajstić information content (AvgIpc) is 3.25. The van der Waals surface area contributed by atoms with Gasteiger partial charge in [0.15, 0.2) is 0 Å². The predicted molar refractivity (Wildman–Crippen MR) is 133 cm³/mol. The highest BCUT2D eigenvalue weighted by Gasteiger charge is 2.33. The van der Waals surface area contributed by atoms with Crippen LogP contribution in [0.1, 0.15) is 49.2 Å². The van der Waals surface area contributed by atoms with E-state index < -0.39 is 6.10 Å². The molecular formula is C26H38N2O4S. The minimum atomic E-state index is -0.614.